The monoisotopic (exact) mass is 264 g/mol. The Labute approximate surface area is 116 Å². The minimum Gasteiger partial charge on any atom is -0.507 e. The van der Waals surface area contributed by atoms with Crippen molar-refractivity contribution < 1.29 is 14.6 Å². The summed E-state index contributed by atoms with van der Waals surface area (Å²) in [5.74, 6) is 0.249. The maximum Gasteiger partial charge on any atom is 0.343 e. The van der Waals surface area contributed by atoms with Crippen molar-refractivity contribution in [3.8, 4) is 5.75 Å². The molecular weight excluding hydrogens is 252 g/mol. The van der Waals surface area contributed by atoms with Crippen LogP contribution in [0, 0.1) is 0 Å². The number of carbonyl (C=O) groups excluding carboxylic acids is 1. The molecule has 0 saturated heterocycles. The average molecular weight is 264 g/mol. The van der Waals surface area contributed by atoms with Gasteiger partial charge in [0.2, 0.25) is 0 Å². The third kappa shape index (κ3) is 2.34. The third-order valence-electron chi connectivity index (χ3n) is 3.03. The largest absolute Gasteiger partial charge is 0.507 e. The second kappa shape index (κ2) is 5.05. The Balaban J connectivity index is 1.97. The van der Waals surface area contributed by atoms with Crippen molar-refractivity contribution in [1.82, 2.24) is 0 Å². The van der Waals surface area contributed by atoms with Gasteiger partial charge in [-0.1, -0.05) is 48.5 Å². The second-order valence-electron chi connectivity index (χ2n) is 4.42. The van der Waals surface area contributed by atoms with Crippen LogP contribution in [0.25, 0.3) is 11.8 Å². The van der Waals surface area contributed by atoms with E-state index in [2.05, 4.69) is 0 Å². The van der Waals surface area contributed by atoms with Crippen molar-refractivity contribution in [2.24, 2.45) is 0 Å². The first-order valence-electron chi connectivity index (χ1n) is 6.23. The fourth-order valence-electron chi connectivity index (χ4n) is 2.01. The molecule has 0 aliphatic carbocycles. The SMILES string of the molecule is O=C1OC(c2ccccc2)=C/C1=C/c1ccccc1O. The van der Waals surface area contributed by atoms with Crippen LogP contribution >= 0.6 is 0 Å². The number of esters is 1. The highest BCUT2D eigenvalue weighted by molar-refractivity contribution is 6.05. The van der Waals surface area contributed by atoms with Gasteiger partial charge in [-0.2, -0.15) is 0 Å². The van der Waals surface area contributed by atoms with Crippen LogP contribution in [-0.4, -0.2) is 11.1 Å². The number of cyclic esters (lactones) is 1. The minimum atomic E-state index is -0.410. The standard InChI is InChI=1S/C17H12O3/c18-15-9-5-4-8-13(15)10-14-11-16(20-17(14)19)12-6-2-1-3-7-12/h1-11,18H/b14-10-. The van der Waals surface area contributed by atoms with Gasteiger partial charge in [0.25, 0.3) is 0 Å². The van der Waals surface area contributed by atoms with Gasteiger partial charge in [0.05, 0.1) is 5.57 Å². The quantitative estimate of drug-likeness (QED) is 0.668. The lowest BCUT2D eigenvalue weighted by Crippen LogP contribution is -1.97. The van der Waals surface area contributed by atoms with Crippen LogP contribution in [0.1, 0.15) is 11.1 Å². The Morgan fingerprint density at radius 2 is 1.65 bits per heavy atom. The molecule has 3 rings (SSSR count). The lowest BCUT2D eigenvalue weighted by atomic mass is 10.1. The zero-order valence-electron chi connectivity index (χ0n) is 10.6. The van der Waals surface area contributed by atoms with E-state index in [1.54, 1.807) is 36.4 Å². The number of hydrogen-bond acceptors (Lipinski definition) is 3. The van der Waals surface area contributed by atoms with E-state index >= 15 is 0 Å². The van der Waals surface area contributed by atoms with Crippen LogP contribution in [0.5, 0.6) is 5.75 Å². The summed E-state index contributed by atoms with van der Waals surface area (Å²) >= 11 is 0. The molecule has 0 unspecified atom stereocenters. The molecule has 2 aromatic rings. The van der Waals surface area contributed by atoms with Gasteiger partial charge in [0.1, 0.15) is 11.5 Å². The third-order valence-corrected chi connectivity index (χ3v) is 3.03. The summed E-state index contributed by atoms with van der Waals surface area (Å²) in [6, 6.07) is 16.3. The van der Waals surface area contributed by atoms with Crippen LogP contribution < -0.4 is 0 Å². The smallest absolute Gasteiger partial charge is 0.343 e. The van der Waals surface area contributed by atoms with Gasteiger partial charge in [0.15, 0.2) is 0 Å². The number of carbonyl (C=O) groups is 1. The summed E-state index contributed by atoms with van der Waals surface area (Å²) in [6.45, 7) is 0. The molecular formula is C17H12O3. The van der Waals surface area contributed by atoms with Gasteiger partial charge in [-0.25, -0.2) is 4.79 Å². The van der Waals surface area contributed by atoms with E-state index in [1.165, 1.54) is 0 Å². The molecule has 0 spiro atoms. The van der Waals surface area contributed by atoms with Crippen LogP contribution in [-0.2, 0) is 9.53 Å². The molecule has 2 aromatic carbocycles. The van der Waals surface area contributed by atoms with Gasteiger partial charge in [-0.3, -0.25) is 0 Å². The average Bonchev–Trinajstić information content (AvgIpc) is 2.84. The molecule has 3 nitrogen and oxygen atoms in total. The van der Waals surface area contributed by atoms with Crippen molar-refractivity contribution in [3.05, 3.63) is 77.4 Å². The zero-order valence-corrected chi connectivity index (χ0v) is 10.6. The van der Waals surface area contributed by atoms with Crippen molar-refractivity contribution in [2.75, 3.05) is 0 Å². The highest BCUT2D eigenvalue weighted by atomic mass is 16.5. The van der Waals surface area contributed by atoms with E-state index in [0.29, 0.717) is 16.9 Å². The van der Waals surface area contributed by atoms with E-state index in [9.17, 15) is 9.90 Å². The zero-order chi connectivity index (χ0) is 13.9. The van der Waals surface area contributed by atoms with Crippen molar-refractivity contribution in [3.63, 3.8) is 0 Å². The van der Waals surface area contributed by atoms with Gasteiger partial charge >= 0.3 is 5.97 Å². The molecule has 0 atom stereocenters. The summed E-state index contributed by atoms with van der Waals surface area (Å²) in [5.41, 5.74) is 1.86. The Morgan fingerprint density at radius 3 is 2.40 bits per heavy atom. The second-order valence-corrected chi connectivity index (χ2v) is 4.42. The molecule has 98 valence electrons. The molecule has 20 heavy (non-hydrogen) atoms. The van der Waals surface area contributed by atoms with E-state index in [4.69, 9.17) is 4.74 Å². The number of benzene rings is 2. The lowest BCUT2D eigenvalue weighted by Gasteiger charge is -2.00. The number of hydrogen-bond donors (Lipinski definition) is 1. The molecule has 0 aromatic heterocycles. The van der Waals surface area contributed by atoms with E-state index in [-0.39, 0.29) is 5.75 Å². The summed E-state index contributed by atoms with van der Waals surface area (Å²) in [4.78, 5) is 11.8. The van der Waals surface area contributed by atoms with Crippen molar-refractivity contribution in [2.45, 2.75) is 0 Å². The Bertz CT molecular complexity index is 712. The summed E-state index contributed by atoms with van der Waals surface area (Å²) in [7, 11) is 0. The first-order chi connectivity index (χ1) is 9.74. The predicted octanol–water partition coefficient (Wildman–Crippen LogP) is 3.37. The van der Waals surface area contributed by atoms with Crippen LogP contribution in [0.3, 0.4) is 0 Å². The summed E-state index contributed by atoms with van der Waals surface area (Å²) in [6.07, 6.45) is 3.30. The summed E-state index contributed by atoms with van der Waals surface area (Å²) in [5, 5.41) is 9.72. The molecule has 1 aliphatic rings. The number of aromatic hydroxyl groups is 1. The van der Waals surface area contributed by atoms with Gasteiger partial charge in [-0.05, 0) is 18.2 Å². The molecule has 0 amide bonds. The Kier molecular flexibility index (Phi) is 3.09. The van der Waals surface area contributed by atoms with Crippen LogP contribution in [0.15, 0.2) is 66.2 Å². The van der Waals surface area contributed by atoms with E-state index < -0.39 is 5.97 Å². The Morgan fingerprint density at radius 1 is 0.950 bits per heavy atom. The first kappa shape index (κ1) is 12.2. The molecule has 3 heteroatoms. The van der Waals surface area contributed by atoms with Gasteiger partial charge in [0, 0.05) is 11.1 Å². The maximum absolute atomic E-state index is 11.8. The molecule has 0 radical (unpaired) electrons. The molecule has 0 fully saturated rings. The fourth-order valence-corrected chi connectivity index (χ4v) is 2.01. The molecule has 1 heterocycles. The van der Waals surface area contributed by atoms with Crippen LogP contribution in [0.4, 0.5) is 0 Å². The highest BCUT2D eigenvalue weighted by Gasteiger charge is 2.21. The normalized spacial score (nSPS) is 16.1. The minimum absolute atomic E-state index is 0.134. The van der Waals surface area contributed by atoms with Gasteiger partial charge < -0.3 is 9.84 Å². The van der Waals surface area contributed by atoms with E-state index in [1.807, 2.05) is 30.3 Å². The van der Waals surface area contributed by atoms with Crippen LogP contribution in [0.2, 0.25) is 0 Å². The molecule has 0 bridgehead atoms. The van der Waals surface area contributed by atoms with Crippen molar-refractivity contribution in [1.29, 1.82) is 0 Å². The first-order valence-corrected chi connectivity index (χ1v) is 6.23. The molecule has 0 saturated carbocycles. The molecule has 1 aliphatic heterocycles. The van der Waals surface area contributed by atoms with Gasteiger partial charge in [-0.15, -0.1) is 0 Å². The topological polar surface area (TPSA) is 46.5 Å². The molecule has 1 N–H and O–H groups in total. The Hall–Kier alpha value is -2.81. The summed E-state index contributed by atoms with van der Waals surface area (Å²) < 4.78 is 5.24. The van der Waals surface area contributed by atoms with Crippen molar-refractivity contribution >= 4 is 17.8 Å². The highest BCUT2D eigenvalue weighted by Crippen LogP contribution is 2.28. The fraction of sp³-hybridized carbons (Fsp3) is 0. The number of rotatable bonds is 2. The lowest BCUT2D eigenvalue weighted by molar-refractivity contribution is -0.130. The number of para-hydroxylation sites is 1. The predicted molar refractivity (Wildman–Crippen MR) is 76.6 cm³/mol. The van der Waals surface area contributed by atoms with E-state index in [0.717, 1.165) is 5.56 Å². The number of phenols is 1. The number of phenolic OH excluding ortho intramolecular Hbond substituents is 1. The number of ether oxygens (including phenoxy) is 1. The maximum atomic E-state index is 11.8.